The fourth-order valence-corrected chi connectivity index (χ4v) is 1.07. The second-order valence-electron chi connectivity index (χ2n) is 1.89. The maximum atomic E-state index is 10.4. The number of nitrogens with zero attached hydrogens (tertiary/aromatic N) is 1. The summed E-state index contributed by atoms with van der Waals surface area (Å²) in [4.78, 5) is 16.8. The molecule has 0 aliphatic heterocycles. The number of phosphoric acid groups is 1. The highest BCUT2D eigenvalue weighted by atomic mass is 35.5. The van der Waals surface area contributed by atoms with Crippen molar-refractivity contribution < 1.29 is 23.6 Å². The summed E-state index contributed by atoms with van der Waals surface area (Å²) in [5.74, 6) is -0.697. The monoisotopic (exact) mass is 261 g/mol. The zero-order valence-corrected chi connectivity index (χ0v) is 9.09. The summed E-state index contributed by atoms with van der Waals surface area (Å²) in [6.07, 6.45) is 0.00900. The van der Waals surface area contributed by atoms with E-state index in [0.717, 1.165) is 0 Å². The molecule has 0 aromatic carbocycles. The van der Waals surface area contributed by atoms with Crippen LogP contribution in [0.2, 0.25) is 0 Å². The average Bonchev–Trinajstić information content (AvgIpc) is 2.00. The van der Waals surface area contributed by atoms with Crippen molar-refractivity contribution in [3.8, 4) is 6.07 Å². The van der Waals surface area contributed by atoms with Crippen LogP contribution in [0.25, 0.3) is 0 Å². The SMILES string of the molecule is N#CCCOC(OP(=O)(O)O)=C(Cl)Cl. The number of rotatable bonds is 5. The van der Waals surface area contributed by atoms with Gasteiger partial charge in [0.1, 0.15) is 6.61 Å². The van der Waals surface area contributed by atoms with E-state index in [4.69, 9.17) is 38.3 Å². The van der Waals surface area contributed by atoms with Crippen LogP contribution in [0.1, 0.15) is 6.42 Å². The lowest BCUT2D eigenvalue weighted by molar-refractivity contribution is 0.0865. The normalized spacial score (nSPS) is 10.2. The van der Waals surface area contributed by atoms with Crippen molar-refractivity contribution in [2.24, 2.45) is 0 Å². The molecular formula is C5H6Cl2NO5P. The third kappa shape index (κ3) is 7.01. The molecule has 0 saturated heterocycles. The van der Waals surface area contributed by atoms with Gasteiger partial charge < -0.3 is 9.26 Å². The Kier molecular flexibility index (Phi) is 5.93. The third-order valence-electron chi connectivity index (χ3n) is 0.803. The smallest absolute Gasteiger partial charge is 0.462 e. The van der Waals surface area contributed by atoms with E-state index in [1.54, 1.807) is 6.07 Å². The highest BCUT2D eigenvalue weighted by Gasteiger charge is 2.21. The van der Waals surface area contributed by atoms with Crippen molar-refractivity contribution in [1.82, 2.24) is 0 Å². The van der Waals surface area contributed by atoms with E-state index >= 15 is 0 Å². The first-order valence-corrected chi connectivity index (χ1v) is 5.45. The highest BCUT2D eigenvalue weighted by molar-refractivity contribution is 7.46. The Morgan fingerprint density at radius 3 is 2.43 bits per heavy atom. The molecule has 80 valence electrons. The van der Waals surface area contributed by atoms with E-state index in [1.165, 1.54) is 0 Å². The Morgan fingerprint density at radius 1 is 1.50 bits per heavy atom. The summed E-state index contributed by atoms with van der Waals surface area (Å²) in [5.41, 5.74) is 0. The van der Waals surface area contributed by atoms with Crippen LogP contribution >= 0.6 is 31.0 Å². The molecule has 0 spiro atoms. The van der Waals surface area contributed by atoms with Crippen molar-refractivity contribution >= 4 is 31.0 Å². The molecule has 9 heteroatoms. The van der Waals surface area contributed by atoms with E-state index in [-0.39, 0.29) is 13.0 Å². The molecule has 0 aliphatic rings. The van der Waals surface area contributed by atoms with E-state index < -0.39 is 18.3 Å². The molecule has 0 fully saturated rings. The van der Waals surface area contributed by atoms with E-state index in [9.17, 15) is 4.57 Å². The first-order valence-electron chi connectivity index (χ1n) is 3.17. The van der Waals surface area contributed by atoms with Crippen LogP contribution < -0.4 is 0 Å². The van der Waals surface area contributed by atoms with E-state index in [1.807, 2.05) is 0 Å². The highest BCUT2D eigenvalue weighted by Crippen LogP contribution is 2.40. The second-order valence-corrected chi connectivity index (χ2v) is 4.00. The summed E-state index contributed by atoms with van der Waals surface area (Å²) in [6.45, 7) is -0.130. The van der Waals surface area contributed by atoms with E-state index in [0.29, 0.717) is 0 Å². The number of ether oxygens (including phenoxy) is 1. The maximum absolute atomic E-state index is 10.4. The number of nitriles is 1. The molecule has 0 amide bonds. The van der Waals surface area contributed by atoms with Gasteiger partial charge in [0.2, 0.25) is 0 Å². The maximum Gasteiger partial charge on any atom is 0.527 e. The zero-order valence-electron chi connectivity index (χ0n) is 6.68. The van der Waals surface area contributed by atoms with Crippen LogP contribution in [0.15, 0.2) is 10.4 Å². The van der Waals surface area contributed by atoms with Crippen LogP contribution in [0.5, 0.6) is 0 Å². The van der Waals surface area contributed by atoms with Crippen molar-refractivity contribution in [2.75, 3.05) is 6.61 Å². The lowest BCUT2D eigenvalue weighted by atomic mass is 10.5. The summed E-state index contributed by atoms with van der Waals surface area (Å²) in [6, 6.07) is 1.74. The van der Waals surface area contributed by atoms with Crippen LogP contribution in [0, 0.1) is 11.3 Å². The minimum atomic E-state index is -4.76. The molecule has 0 aromatic rings. The zero-order chi connectivity index (χ0) is 11.2. The molecule has 0 atom stereocenters. The summed E-state index contributed by atoms with van der Waals surface area (Å²) in [5, 5.41) is 8.14. The van der Waals surface area contributed by atoms with Crippen molar-refractivity contribution in [3.05, 3.63) is 10.4 Å². The van der Waals surface area contributed by atoms with Gasteiger partial charge in [-0.3, -0.25) is 9.79 Å². The molecular weight excluding hydrogens is 256 g/mol. The molecule has 0 bridgehead atoms. The topological polar surface area (TPSA) is 99.8 Å². The van der Waals surface area contributed by atoms with Crippen molar-refractivity contribution in [3.63, 3.8) is 0 Å². The Hall–Kier alpha value is -0.440. The molecule has 0 radical (unpaired) electrons. The van der Waals surface area contributed by atoms with Gasteiger partial charge in [-0.15, -0.1) is 0 Å². The van der Waals surface area contributed by atoms with Gasteiger partial charge in [-0.2, -0.15) is 5.26 Å². The Balaban J connectivity index is 4.29. The minimum Gasteiger partial charge on any atom is -0.462 e. The van der Waals surface area contributed by atoms with Gasteiger partial charge in [0, 0.05) is 0 Å². The molecule has 0 aromatic heterocycles. The number of phosphoric ester groups is 1. The van der Waals surface area contributed by atoms with Gasteiger partial charge in [0.15, 0.2) is 4.49 Å². The largest absolute Gasteiger partial charge is 0.527 e. The molecule has 2 N–H and O–H groups in total. The van der Waals surface area contributed by atoms with Gasteiger partial charge >= 0.3 is 13.8 Å². The molecule has 0 saturated carbocycles. The second kappa shape index (κ2) is 6.12. The van der Waals surface area contributed by atoms with Crippen LogP contribution in [-0.4, -0.2) is 16.4 Å². The Bertz CT molecular complexity index is 302. The molecule has 6 nitrogen and oxygen atoms in total. The molecule has 0 rings (SSSR count). The van der Waals surface area contributed by atoms with E-state index in [2.05, 4.69) is 9.26 Å². The molecule has 0 unspecified atom stereocenters. The van der Waals surface area contributed by atoms with Gasteiger partial charge in [-0.05, 0) is 0 Å². The van der Waals surface area contributed by atoms with Gasteiger partial charge in [0.25, 0.3) is 0 Å². The lowest BCUT2D eigenvalue weighted by Gasteiger charge is -2.10. The quantitative estimate of drug-likeness (QED) is 0.443. The molecule has 14 heavy (non-hydrogen) atoms. The molecule has 0 aliphatic carbocycles. The number of hydrogen-bond acceptors (Lipinski definition) is 4. The van der Waals surface area contributed by atoms with Crippen molar-refractivity contribution in [2.45, 2.75) is 6.42 Å². The summed E-state index contributed by atoms with van der Waals surface area (Å²) < 4.78 is 18.4. The van der Waals surface area contributed by atoms with Gasteiger partial charge in [0.05, 0.1) is 12.5 Å². The number of hydrogen-bond donors (Lipinski definition) is 2. The first-order chi connectivity index (χ1) is 6.37. The van der Waals surface area contributed by atoms with Gasteiger partial charge in [-0.1, -0.05) is 23.2 Å². The Labute approximate surface area is 89.9 Å². The van der Waals surface area contributed by atoms with Crippen LogP contribution in [-0.2, 0) is 13.8 Å². The fourth-order valence-electron chi connectivity index (χ4n) is 0.413. The van der Waals surface area contributed by atoms with Crippen LogP contribution in [0.4, 0.5) is 0 Å². The standard InChI is InChI=1S/C5H6Cl2NO5P/c6-4(7)5(12-3-1-2-8)13-14(9,10)11/h1,3H2,(H2,9,10,11). The fraction of sp³-hybridized carbons (Fsp3) is 0.400. The summed E-state index contributed by atoms with van der Waals surface area (Å²) in [7, 11) is -4.76. The summed E-state index contributed by atoms with van der Waals surface area (Å²) >= 11 is 10.4. The Morgan fingerprint density at radius 2 is 2.07 bits per heavy atom. The third-order valence-corrected chi connectivity index (χ3v) is 1.52. The van der Waals surface area contributed by atoms with Crippen LogP contribution in [0.3, 0.4) is 0 Å². The predicted octanol–water partition coefficient (Wildman–Crippen LogP) is 1.63. The van der Waals surface area contributed by atoms with Crippen molar-refractivity contribution in [1.29, 1.82) is 5.26 Å². The average molecular weight is 262 g/mol. The van der Waals surface area contributed by atoms with Gasteiger partial charge in [-0.25, -0.2) is 4.57 Å². The lowest BCUT2D eigenvalue weighted by Crippen LogP contribution is -1.99. The predicted molar refractivity (Wildman–Crippen MR) is 48.0 cm³/mol. The number of halogens is 2. The minimum absolute atomic E-state index is 0.00900. The molecule has 0 heterocycles. The first kappa shape index (κ1) is 13.6.